The Hall–Kier alpha value is -0.730. The number of benzene rings is 1. The van der Waals surface area contributed by atoms with E-state index in [9.17, 15) is 5.11 Å². The van der Waals surface area contributed by atoms with E-state index in [0.29, 0.717) is 17.0 Å². The van der Waals surface area contributed by atoms with E-state index in [1.54, 1.807) is 0 Å². The van der Waals surface area contributed by atoms with Gasteiger partial charge in [0.05, 0.1) is 6.61 Å². The van der Waals surface area contributed by atoms with Crippen molar-refractivity contribution in [3.8, 4) is 0 Å². The average Bonchev–Trinajstić information content (AvgIpc) is 2.26. The maximum Gasteiger partial charge on any atom is 0.0716 e. The van der Waals surface area contributed by atoms with Crippen LogP contribution in [0.15, 0.2) is 18.2 Å². The lowest BCUT2D eigenvalue weighted by Crippen LogP contribution is -2.30. The molecule has 0 fully saturated rings. The number of halogens is 1. The number of hydrogen-bond donors (Lipinski definition) is 1. The Labute approximate surface area is 109 Å². The molecule has 0 amide bonds. The number of nitrogens with zero attached hydrogens (tertiary/aromatic N) is 1. The summed E-state index contributed by atoms with van der Waals surface area (Å²) >= 11 is 6.10. The lowest BCUT2D eigenvalue weighted by molar-refractivity contribution is 0.282. The largest absolute Gasteiger partial charge is 0.392 e. The Kier molecular flexibility index (Phi) is 5.29. The van der Waals surface area contributed by atoms with Crippen molar-refractivity contribution in [1.29, 1.82) is 0 Å². The standard InChI is InChI=1S/C14H22ClNO/c1-10(2)8-11(3)16(4)14-7-5-6-13(15)12(14)9-17/h5-7,10-11,17H,8-9H2,1-4H3. The van der Waals surface area contributed by atoms with Gasteiger partial charge in [-0.1, -0.05) is 31.5 Å². The third kappa shape index (κ3) is 3.62. The number of hydrogen-bond acceptors (Lipinski definition) is 2. The minimum absolute atomic E-state index is 0.0201. The summed E-state index contributed by atoms with van der Waals surface area (Å²) in [5.41, 5.74) is 1.83. The van der Waals surface area contributed by atoms with Gasteiger partial charge in [-0.15, -0.1) is 0 Å². The Morgan fingerprint density at radius 3 is 2.47 bits per heavy atom. The van der Waals surface area contributed by atoms with Gasteiger partial charge in [-0.05, 0) is 31.4 Å². The number of anilines is 1. The molecule has 0 bridgehead atoms. The first kappa shape index (κ1) is 14.3. The van der Waals surface area contributed by atoms with Crippen LogP contribution in [-0.4, -0.2) is 18.2 Å². The predicted octanol–water partition coefficient (Wildman–Crippen LogP) is 3.70. The molecule has 0 radical (unpaired) electrons. The molecule has 0 aliphatic heterocycles. The lowest BCUT2D eigenvalue weighted by atomic mass is 10.0. The average molecular weight is 256 g/mol. The highest BCUT2D eigenvalue weighted by Gasteiger charge is 2.15. The molecule has 0 aromatic heterocycles. The molecule has 1 aromatic carbocycles. The molecular formula is C14H22ClNO. The number of aliphatic hydroxyl groups excluding tert-OH is 1. The molecule has 0 heterocycles. The second-order valence-corrected chi connectivity index (χ2v) is 5.39. The van der Waals surface area contributed by atoms with Gasteiger partial charge in [0.2, 0.25) is 0 Å². The first-order valence-electron chi connectivity index (χ1n) is 6.08. The molecule has 0 aliphatic rings. The zero-order valence-electron chi connectivity index (χ0n) is 11.1. The normalized spacial score (nSPS) is 12.9. The molecule has 0 aliphatic carbocycles. The van der Waals surface area contributed by atoms with Crippen LogP contribution in [0.3, 0.4) is 0 Å². The van der Waals surface area contributed by atoms with Crippen LogP contribution in [0.5, 0.6) is 0 Å². The summed E-state index contributed by atoms with van der Waals surface area (Å²) in [6.45, 7) is 6.61. The van der Waals surface area contributed by atoms with Crippen molar-refractivity contribution in [2.75, 3.05) is 11.9 Å². The maximum atomic E-state index is 9.40. The Morgan fingerprint density at radius 2 is 1.94 bits per heavy atom. The topological polar surface area (TPSA) is 23.5 Å². The summed E-state index contributed by atoms with van der Waals surface area (Å²) in [6.07, 6.45) is 1.12. The second-order valence-electron chi connectivity index (χ2n) is 4.99. The predicted molar refractivity (Wildman–Crippen MR) is 74.7 cm³/mol. The van der Waals surface area contributed by atoms with Gasteiger partial charge in [0.15, 0.2) is 0 Å². The van der Waals surface area contributed by atoms with Crippen LogP contribution in [0.1, 0.15) is 32.8 Å². The van der Waals surface area contributed by atoms with Crippen molar-refractivity contribution in [2.24, 2.45) is 5.92 Å². The van der Waals surface area contributed by atoms with Crippen LogP contribution in [0.4, 0.5) is 5.69 Å². The summed E-state index contributed by atoms with van der Waals surface area (Å²) in [4.78, 5) is 2.19. The Bertz CT molecular complexity index is 365. The Balaban J connectivity index is 2.95. The van der Waals surface area contributed by atoms with E-state index in [2.05, 4.69) is 32.7 Å². The summed E-state index contributed by atoms with van der Waals surface area (Å²) in [7, 11) is 2.05. The summed E-state index contributed by atoms with van der Waals surface area (Å²) in [6, 6.07) is 6.18. The molecule has 0 saturated carbocycles. The van der Waals surface area contributed by atoms with Crippen LogP contribution in [-0.2, 0) is 6.61 Å². The fourth-order valence-electron chi connectivity index (χ4n) is 2.11. The quantitative estimate of drug-likeness (QED) is 0.867. The summed E-state index contributed by atoms with van der Waals surface area (Å²) in [5, 5.41) is 10.0. The van der Waals surface area contributed by atoms with Crippen LogP contribution < -0.4 is 4.90 Å². The van der Waals surface area contributed by atoms with Gasteiger partial charge >= 0.3 is 0 Å². The molecule has 1 rings (SSSR count). The van der Waals surface area contributed by atoms with Crippen molar-refractivity contribution in [3.05, 3.63) is 28.8 Å². The SMILES string of the molecule is CC(C)CC(C)N(C)c1cccc(Cl)c1CO. The molecule has 2 nitrogen and oxygen atoms in total. The number of rotatable bonds is 5. The van der Waals surface area contributed by atoms with Crippen LogP contribution >= 0.6 is 11.6 Å². The van der Waals surface area contributed by atoms with Crippen molar-refractivity contribution in [3.63, 3.8) is 0 Å². The van der Waals surface area contributed by atoms with Crippen LogP contribution in [0.2, 0.25) is 5.02 Å². The van der Waals surface area contributed by atoms with E-state index in [0.717, 1.165) is 17.7 Å². The summed E-state index contributed by atoms with van der Waals surface area (Å²) in [5.74, 6) is 0.657. The molecule has 3 heteroatoms. The molecule has 1 unspecified atom stereocenters. The molecule has 17 heavy (non-hydrogen) atoms. The minimum Gasteiger partial charge on any atom is -0.392 e. The smallest absolute Gasteiger partial charge is 0.0716 e. The van der Waals surface area contributed by atoms with E-state index in [4.69, 9.17) is 11.6 Å². The molecule has 0 spiro atoms. The van der Waals surface area contributed by atoms with Gasteiger partial charge in [-0.25, -0.2) is 0 Å². The molecule has 1 aromatic rings. The molecule has 96 valence electrons. The van der Waals surface area contributed by atoms with Gasteiger partial charge in [0, 0.05) is 29.4 Å². The first-order chi connectivity index (χ1) is 7.97. The van der Waals surface area contributed by atoms with E-state index < -0.39 is 0 Å². The Morgan fingerprint density at radius 1 is 1.29 bits per heavy atom. The second kappa shape index (κ2) is 6.27. The van der Waals surface area contributed by atoms with Gasteiger partial charge in [0.1, 0.15) is 0 Å². The minimum atomic E-state index is -0.0201. The van der Waals surface area contributed by atoms with Crippen molar-refractivity contribution in [2.45, 2.75) is 39.8 Å². The highest BCUT2D eigenvalue weighted by molar-refractivity contribution is 6.31. The van der Waals surface area contributed by atoms with Crippen LogP contribution in [0, 0.1) is 5.92 Å². The van der Waals surface area contributed by atoms with Gasteiger partial charge in [-0.2, -0.15) is 0 Å². The molecule has 0 saturated heterocycles. The highest BCUT2D eigenvalue weighted by atomic mass is 35.5. The zero-order chi connectivity index (χ0) is 13.0. The summed E-state index contributed by atoms with van der Waals surface area (Å²) < 4.78 is 0. The monoisotopic (exact) mass is 255 g/mol. The van der Waals surface area contributed by atoms with Crippen molar-refractivity contribution >= 4 is 17.3 Å². The first-order valence-corrected chi connectivity index (χ1v) is 6.46. The van der Waals surface area contributed by atoms with Gasteiger partial charge in [-0.3, -0.25) is 0 Å². The van der Waals surface area contributed by atoms with E-state index in [1.807, 2.05) is 18.2 Å². The van der Waals surface area contributed by atoms with Crippen LogP contribution in [0.25, 0.3) is 0 Å². The maximum absolute atomic E-state index is 9.40. The molecule has 1 N–H and O–H groups in total. The van der Waals surface area contributed by atoms with E-state index in [-0.39, 0.29) is 6.61 Å². The third-order valence-corrected chi connectivity index (χ3v) is 3.46. The third-order valence-electron chi connectivity index (χ3n) is 3.11. The molecule has 1 atom stereocenters. The zero-order valence-corrected chi connectivity index (χ0v) is 11.8. The molecular weight excluding hydrogens is 234 g/mol. The number of aliphatic hydroxyl groups is 1. The van der Waals surface area contributed by atoms with E-state index >= 15 is 0 Å². The highest BCUT2D eigenvalue weighted by Crippen LogP contribution is 2.29. The van der Waals surface area contributed by atoms with Gasteiger partial charge < -0.3 is 10.0 Å². The lowest BCUT2D eigenvalue weighted by Gasteiger charge is -2.30. The fraction of sp³-hybridized carbons (Fsp3) is 0.571. The van der Waals surface area contributed by atoms with Crippen molar-refractivity contribution in [1.82, 2.24) is 0 Å². The van der Waals surface area contributed by atoms with Gasteiger partial charge in [0.25, 0.3) is 0 Å². The fourth-order valence-corrected chi connectivity index (χ4v) is 2.34. The van der Waals surface area contributed by atoms with E-state index in [1.165, 1.54) is 0 Å². The van der Waals surface area contributed by atoms with Crippen molar-refractivity contribution < 1.29 is 5.11 Å².